The number of benzene rings is 2. The van der Waals surface area contributed by atoms with Crippen molar-refractivity contribution in [2.24, 2.45) is 19.8 Å². The van der Waals surface area contributed by atoms with Gasteiger partial charge in [-0.15, -0.1) is 0 Å². The number of morpholine rings is 2. The summed E-state index contributed by atoms with van der Waals surface area (Å²) in [4.78, 5) is 25.7. The molecule has 2 aliphatic heterocycles. The highest BCUT2D eigenvalue weighted by atomic mass is 16.5. The maximum Gasteiger partial charge on any atom is 0.267 e. The van der Waals surface area contributed by atoms with Crippen molar-refractivity contribution in [2.75, 3.05) is 26.2 Å². The van der Waals surface area contributed by atoms with Crippen LogP contribution in [0, 0.1) is 11.3 Å². The second kappa shape index (κ2) is 16.1. The number of nitriles is 1. The van der Waals surface area contributed by atoms with Crippen molar-refractivity contribution >= 4 is 27.7 Å². The van der Waals surface area contributed by atoms with Crippen molar-refractivity contribution in [3.63, 3.8) is 0 Å². The first kappa shape index (κ1) is 37.8. The zero-order valence-electron chi connectivity index (χ0n) is 32.3. The van der Waals surface area contributed by atoms with Crippen LogP contribution in [-0.2, 0) is 36.7 Å². The topological polar surface area (TPSA) is 153 Å². The minimum atomic E-state index is -0.534. The van der Waals surface area contributed by atoms with Gasteiger partial charge in [0.25, 0.3) is 5.91 Å². The molecule has 0 aliphatic carbocycles. The van der Waals surface area contributed by atoms with E-state index in [2.05, 4.69) is 94.1 Å². The molecule has 6 aromatic rings. The summed E-state index contributed by atoms with van der Waals surface area (Å²) in [5.41, 5.74) is 14.0. The largest absolute Gasteiger partial charge is 0.373 e. The third-order valence-electron chi connectivity index (χ3n) is 9.95. The van der Waals surface area contributed by atoms with Gasteiger partial charge in [0.15, 0.2) is 0 Å². The number of primary amides is 1. The first-order chi connectivity index (χ1) is 26.4. The standard InChI is InChI=1S/C21H25N5O2.C21H23N5O/c1-13-9-26(10-14(2)28-13)11-15-4-5-17-18(16-8-23-25(3)12-16)7-20(21(22)27)24-19(17)6-15;1-14-10-26(11-15(2)27-14)12-16-4-5-19-20(17-9-23-25(3)13-17)7-18(8-22)24-21(19)6-16/h4-8,12-14H,9-11H2,1-3H3,(H2,22,27);4-7,9,13-15H,10-12H2,1-3H3/t13-,14+;14-,15+. The van der Waals surface area contributed by atoms with Crippen LogP contribution in [0.5, 0.6) is 0 Å². The number of fused-ring (bicyclic) bond motifs is 2. The second-order valence-electron chi connectivity index (χ2n) is 15.0. The molecule has 284 valence electrons. The van der Waals surface area contributed by atoms with Crippen LogP contribution >= 0.6 is 0 Å². The van der Waals surface area contributed by atoms with Crippen molar-refractivity contribution in [3.8, 4) is 28.3 Å². The lowest BCUT2D eigenvalue weighted by atomic mass is 10.0. The Bertz CT molecular complexity index is 2360. The Morgan fingerprint density at radius 2 is 1.18 bits per heavy atom. The van der Waals surface area contributed by atoms with Crippen LogP contribution in [0.3, 0.4) is 0 Å². The summed E-state index contributed by atoms with van der Waals surface area (Å²) in [6, 6.07) is 18.4. The highest BCUT2D eigenvalue weighted by molar-refractivity contribution is 6.01. The highest BCUT2D eigenvalue weighted by Gasteiger charge is 2.24. The number of rotatable bonds is 7. The summed E-state index contributed by atoms with van der Waals surface area (Å²) in [5, 5.41) is 19.9. The van der Waals surface area contributed by atoms with Crippen LogP contribution in [-0.4, -0.2) is 95.8 Å². The molecule has 8 rings (SSSR count). The average Bonchev–Trinajstić information content (AvgIpc) is 3.77. The Labute approximate surface area is 321 Å². The highest BCUT2D eigenvalue weighted by Crippen LogP contribution is 2.31. The molecule has 4 atom stereocenters. The molecule has 0 bridgehead atoms. The van der Waals surface area contributed by atoms with Crippen molar-refractivity contribution in [3.05, 3.63) is 95.8 Å². The quantitative estimate of drug-likeness (QED) is 0.223. The predicted octanol–water partition coefficient (Wildman–Crippen LogP) is 5.46. The Morgan fingerprint density at radius 3 is 1.60 bits per heavy atom. The fourth-order valence-electron chi connectivity index (χ4n) is 7.87. The number of carbonyl (C=O) groups excluding carboxylic acids is 1. The molecule has 2 fully saturated rings. The van der Waals surface area contributed by atoms with Crippen molar-refractivity contribution < 1.29 is 14.3 Å². The van der Waals surface area contributed by atoms with E-state index in [9.17, 15) is 10.1 Å². The lowest BCUT2D eigenvalue weighted by Gasteiger charge is -2.35. The number of amides is 1. The lowest BCUT2D eigenvalue weighted by molar-refractivity contribution is -0.0707. The van der Waals surface area contributed by atoms with Gasteiger partial charge in [-0.2, -0.15) is 15.5 Å². The van der Waals surface area contributed by atoms with Crippen LogP contribution in [0.1, 0.15) is 55.0 Å². The number of aromatic nitrogens is 6. The minimum Gasteiger partial charge on any atom is -0.373 e. The second-order valence-corrected chi connectivity index (χ2v) is 15.0. The van der Waals surface area contributed by atoms with Gasteiger partial charge < -0.3 is 15.2 Å². The number of hydrogen-bond donors (Lipinski definition) is 1. The van der Waals surface area contributed by atoms with E-state index in [1.54, 1.807) is 21.6 Å². The molecule has 0 saturated carbocycles. The summed E-state index contributed by atoms with van der Waals surface area (Å²) in [6.45, 7) is 13.8. The van der Waals surface area contributed by atoms with Crippen molar-refractivity contribution in [1.82, 2.24) is 39.3 Å². The summed E-state index contributed by atoms with van der Waals surface area (Å²) < 4.78 is 15.1. The Kier molecular flexibility index (Phi) is 11.0. The molecular weight excluding hydrogens is 693 g/mol. The molecule has 2 N–H and O–H groups in total. The first-order valence-corrected chi connectivity index (χ1v) is 18.7. The van der Waals surface area contributed by atoms with Gasteiger partial charge in [0.1, 0.15) is 17.5 Å². The van der Waals surface area contributed by atoms with Crippen molar-refractivity contribution in [2.45, 2.75) is 65.2 Å². The van der Waals surface area contributed by atoms with E-state index in [1.165, 1.54) is 5.56 Å². The van der Waals surface area contributed by atoms with Crippen LogP contribution in [0.4, 0.5) is 0 Å². The molecule has 0 radical (unpaired) electrons. The molecule has 13 nitrogen and oxygen atoms in total. The number of hydrogen-bond acceptors (Lipinski definition) is 10. The third kappa shape index (κ3) is 8.90. The van der Waals surface area contributed by atoms with Crippen LogP contribution < -0.4 is 5.73 Å². The molecule has 1 amide bonds. The summed E-state index contributed by atoms with van der Waals surface area (Å²) in [5.74, 6) is -0.534. The zero-order chi connectivity index (χ0) is 38.8. The van der Waals surface area contributed by atoms with E-state index in [0.717, 1.165) is 88.9 Å². The fourth-order valence-corrected chi connectivity index (χ4v) is 7.87. The molecule has 0 spiro atoms. The Balaban J connectivity index is 0.000000169. The number of pyridine rings is 2. The number of aryl methyl sites for hydroxylation is 2. The van der Waals surface area contributed by atoms with Gasteiger partial charge in [0.2, 0.25) is 0 Å². The molecule has 2 saturated heterocycles. The maximum absolute atomic E-state index is 11.8. The molecule has 6 heterocycles. The molecule has 13 heteroatoms. The van der Waals surface area contributed by atoms with Crippen LogP contribution in [0.2, 0.25) is 0 Å². The Morgan fingerprint density at radius 1 is 0.727 bits per heavy atom. The van der Waals surface area contributed by atoms with Crippen LogP contribution in [0.25, 0.3) is 44.1 Å². The number of carbonyl (C=O) groups is 1. The molecule has 55 heavy (non-hydrogen) atoms. The van der Waals surface area contributed by atoms with Gasteiger partial charge in [-0.25, -0.2) is 9.97 Å². The van der Waals surface area contributed by atoms with E-state index >= 15 is 0 Å². The van der Waals surface area contributed by atoms with E-state index in [0.29, 0.717) is 5.69 Å². The van der Waals surface area contributed by atoms with Gasteiger partial charge >= 0.3 is 0 Å². The lowest BCUT2D eigenvalue weighted by Crippen LogP contribution is -2.44. The molecule has 2 aromatic carbocycles. The van der Waals surface area contributed by atoms with Gasteiger partial charge in [-0.3, -0.25) is 24.0 Å². The van der Waals surface area contributed by atoms with Gasteiger partial charge in [-0.1, -0.05) is 24.3 Å². The first-order valence-electron chi connectivity index (χ1n) is 18.7. The smallest absolute Gasteiger partial charge is 0.267 e. The Hall–Kier alpha value is -5.52. The summed E-state index contributed by atoms with van der Waals surface area (Å²) >= 11 is 0. The molecule has 4 aromatic heterocycles. The zero-order valence-corrected chi connectivity index (χ0v) is 32.3. The summed E-state index contributed by atoms with van der Waals surface area (Å²) in [7, 11) is 3.75. The maximum atomic E-state index is 11.8. The van der Waals surface area contributed by atoms with E-state index in [1.807, 2.05) is 44.8 Å². The summed E-state index contributed by atoms with van der Waals surface area (Å²) in [6.07, 6.45) is 8.42. The van der Waals surface area contributed by atoms with Gasteiger partial charge in [0.05, 0.1) is 47.8 Å². The average molecular weight is 741 g/mol. The molecular formula is C42H48N10O3. The van der Waals surface area contributed by atoms with Crippen LogP contribution in [0.15, 0.2) is 73.3 Å². The number of nitrogens with zero attached hydrogens (tertiary/aromatic N) is 9. The predicted molar refractivity (Wildman–Crippen MR) is 212 cm³/mol. The van der Waals surface area contributed by atoms with E-state index in [4.69, 9.17) is 15.2 Å². The minimum absolute atomic E-state index is 0.223. The third-order valence-corrected chi connectivity index (χ3v) is 9.95. The molecule has 2 aliphatic rings. The molecule has 0 unspecified atom stereocenters. The van der Waals surface area contributed by atoms with E-state index in [-0.39, 0.29) is 30.1 Å². The van der Waals surface area contributed by atoms with Gasteiger partial charge in [-0.05, 0) is 74.2 Å². The van der Waals surface area contributed by atoms with Gasteiger partial charge in [0, 0.05) is 87.7 Å². The van der Waals surface area contributed by atoms with E-state index < -0.39 is 5.91 Å². The van der Waals surface area contributed by atoms with Crippen molar-refractivity contribution in [1.29, 1.82) is 5.26 Å². The number of nitrogens with two attached hydrogens (primary N) is 1. The SMILES string of the molecule is C[C@@H]1CN(Cc2ccc3c(-c4cnn(C)c4)cc(C#N)nc3c2)C[C@H](C)O1.C[C@@H]1CN(Cc2ccc3c(-c4cnn(C)c4)cc(C(N)=O)nc3c2)C[C@H](C)O1. The monoisotopic (exact) mass is 740 g/mol. The fraction of sp³-hybridized carbons (Fsp3) is 0.381. The normalized spacial score (nSPS) is 20.6. The number of ether oxygens (including phenoxy) is 2.